The van der Waals surface area contributed by atoms with Gasteiger partial charge in [0.25, 0.3) is 5.91 Å². The average Bonchev–Trinajstić information content (AvgIpc) is 2.74. The highest BCUT2D eigenvalue weighted by Crippen LogP contribution is 2.31. The van der Waals surface area contributed by atoms with E-state index in [4.69, 9.17) is 21.1 Å². The number of methoxy groups -OCH3 is 1. The van der Waals surface area contributed by atoms with Gasteiger partial charge >= 0.3 is 0 Å². The Balaban J connectivity index is 1.68. The number of nitrogens with zero attached hydrogens (tertiary/aromatic N) is 1. The number of halogens is 1. The number of amides is 2. The fourth-order valence-electron chi connectivity index (χ4n) is 3.49. The third-order valence-electron chi connectivity index (χ3n) is 5.32. The summed E-state index contributed by atoms with van der Waals surface area (Å²) >= 11 is 5.93. The molecule has 7 heteroatoms. The maximum atomic E-state index is 12.8. The summed E-state index contributed by atoms with van der Waals surface area (Å²) in [4.78, 5) is 26.1. The van der Waals surface area contributed by atoms with E-state index >= 15 is 0 Å². The number of ether oxygens (including phenoxy) is 2. The van der Waals surface area contributed by atoms with Crippen molar-refractivity contribution in [3.8, 4) is 11.5 Å². The van der Waals surface area contributed by atoms with Crippen molar-refractivity contribution in [2.75, 3.05) is 20.2 Å². The molecule has 6 nitrogen and oxygen atoms in total. The molecule has 160 valence electrons. The Kier molecular flexibility index (Phi) is 7.21. The lowest BCUT2D eigenvalue weighted by molar-refractivity contribution is -0.130. The predicted octanol–water partition coefficient (Wildman–Crippen LogP) is 4.23. The molecular weight excluding hydrogens is 404 g/mol. The normalized spacial score (nSPS) is 15.4. The maximum Gasteiger partial charge on any atom is 0.251 e. The number of rotatable bonds is 6. The van der Waals surface area contributed by atoms with E-state index in [0.29, 0.717) is 35.2 Å². The minimum absolute atomic E-state index is 0.0270. The highest BCUT2D eigenvalue weighted by atomic mass is 35.5. The molecule has 0 aliphatic carbocycles. The van der Waals surface area contributed by atoms with Gasteiger partial charge in [0.05, 0.1) is 13.2 Å². The Morgan fingerprint density at radius 3 is 2.37 bits per heavy atom. The standard InChI is InChI=1S/C23H27ClN2O4/c1-15(17-4-7-19(24)8-5-17)25-23(28)18-6-9-21(29-3)22(14-18)30-20-10-12-26(13-11-20)16(2)27/h4-9,14-15,20H,10-13H2,1-3H3,(H,25,28)/t15-/m1/s1. The van der Waals surface area contributed by atoms with Crippen LogP contribution in [-0.2, 0) is 4.79 Å². The fraction of sp³-hybridized carbons (Fsp3) is 0.391. The van der Waals surface area contributed by atoms with E-state index in [1.54, 1.807) is 44.4 Å². The molecular formula is C23H27ClN2O4. The Labute approximate surface area is 182 Å². The van der Waals surface area contributed by atoms with Crippen molar-refractivity contribution in [3.63, 3.8) is 0 Å². The molecule has 1 fully saturated rings. The molecule has 1 atom stereocenters. The van der Waals surface area contributed by atoms with Gasteiger partial charge in [-0.05, 0) is 42.8 Å². The van der Waals surface area contributed by atoms with E-state index in [-0.39, 0.29) is 24.0 Å². The molecule has 2 amide bonds. The minimum Gasteiger partial charge on any atom is -0.493 e. The Morgan fingerprint density at radius 2 is 1.77 bits per heavy atom. The van der Waals surface area contributed by atoms with Crippen LogP contribution < -0.4 is 14.8 Å². The molecule has 0 radical (unpaired) electrons. The second-order valence-electron chi connectivity index (χ2n) is 7.44. The van der Waals surface area contributed by atoms with Gasteiger partial charge in [-0.2, -0.15) is 0 Å². The number of hydrogen-bond donors (Lipinski definition) is 1. The molecule has 0 bridgehead atoms. The van der Waals surface area contributed by atoms with Crippen molar-refractivity contribution < 1.29 is 19.1 Å². The molecule has 1 aliphatic rings. The van der Waals surface area contributed by atoms with Crippen LogP contribution in [0.1, 0.15) is 48.7 Å². The van der Waals surface area contributed by atoms with Crippen molar-refractivity contribution in [2.45, 2.75) is 38.8 Å². The number of benzene rings is 2. The van der Waals surface area contributed by atoms with Crippen molar-refractivity contribution in [3.05, 3.63) is 58.6 Å². The first-order valence-electron chi connectivity index (χ1n) is 10.0. The number of hydrogen-bond acceptors (Lipinski definition) is 4. The average molecular weight is 431 g/mol. The topological polar surface area (TPSA) is 67.9 Å². The highest BCUT2D eigenvalue weighted by molar-refractivity contribution is 6.30. The first-order chi connectivity index (χ1) is 14.4. The van der Waals surface area contributed by atoms with Crippen molar-refractivity contribution in [1.29, 1.82) is 0 Å². The molecule has 1 saturated heterocycles. The molecule has 3 rings (SSSR count). The number of nitrogens with one attached hydrogen (secondary N) is 1. The summed E-state index contributed by atoms with van der Waals surface area (Å²) in [5.41, 5.74) is 1.46. The quantitative estimate of drug-likeness (QED) is 0.744. The second-order valence-corrected chi connectivity index (χ2v) is 7.87. The smallest absolute Gasteiger partial charge is 0.251 e. The molecule has 2 aromatic rings. The molecule has 0 unspecified atom stereocenters. The van der Waals surface area contributed by atoms with Crippen LogP contribution >= 0.6 is 11.6 Å². The van der Waals surface area contributed by atoms with Crippen LogP contribution in [0.4, 0.5) is 0 Å². The van der Waals surface area contributed by atoms with Crippen LogP contribution in [0.2, 0.25) is 5.02 Å². The summed E-state index contributed by atoms with van der Waals surface area (Å²) in [6.07, 6.45) is 1.46. The summed E-state index contributed by atoms with van der Waals surface area (Å²) in [5, 5.41) is 3.65. The van der Waals surface area contributed by atoms with E-state index in [9.17, 15) is 9.59 Å². The molecule has 0 aromatic heterocycles. The van der Waals surface area contributed by atoms with Crippen LogP contribution in [0, 0.1) is 0 Å². The van der Waals surface area contributed by atoms with Crippen LogP contribution in [0.25, 0.3) is 0 Å². The van der Waals surface area contributed by atoms with Crippen LogP contribution in [0.15, 0.2) is 42.5 Å². The van der Waals surface area contributed by atoms with Crippen molar-refractivity contribution in [2.24, 2.45) is 0 Å². The van der Waals surface area contributed by atoms with Gasteiger partial charge in [0, 0.05) is 43.4 Å². The van der Waals surface area contributed by atoms with Gasteiger partial charge in [0.1, 0.15) is 6.10 Å². The summed E-state index contributed by atoms with van der Waals surface area (Å²) in [6.45, 7) is 4.84. The van der Waals surface area contributed by atoms with E-state index in [0.717, 1.165) is 18.4 Å². The number of carbonyl (C=O) groups excluding carboxylic acids is 2. The Hall–Kier alpha value is -2.73. The SMILES string of the molecule is COc1ccc(C(=O)N[C@H](C)c2ccc(Cl)cc2)cc1OC1CCN(C(C)=O)CC1. The van der Waals surface area contributed by atoms with Crippen LogP contribution in [0.5, 0.6) is 11.5 Å². The van der Waals surface area contributed by atoms with Gasteiger partial charge in [0.15, 0.2) is 11.5 Å². The molecule has 1 N–H and O–H groups in total. The van der Waals surface area contributed by atoms with Crippen molar-refractivity contribution in [1.82, 2.24) is 10.2 Å². The Bertz CT molecular complexity index is 893. The van der Waals surface area contributed by atoms with Gasteiger partial charge in [-0.15, -0.1) is 0 Å². The fourth-order valence-corrected chi connectivity index (χ4v) is 3.62. The second kappa shape index (κ2) is 9.85. The van der Waals surface area contributed by atoms with Gasteiger partial charge < -0.3 is 19.7 Å². The van der Waals surface area contributed by atoms with Gasteiger partial charge in [-0.1, -0.05) is 23.7 Å². The zero-order valence-electron chi connectivity index (χ0n) is 17.5. The number of carbonyl (C=O) groups is 2. The van der Waals surface area contributed by atoms with E-state index in [1.807, 2.05) is 24.0 Å². The molecule has 1 aliphatic heterocycles. The molecule has 0 spiro atoms. The lowest BCUT2D eigenvalue weighted by Gasteiger charge is -2.31. The predicted molar refractivity (Wildman–Crippen MR) is 116 cm³/mol. The lowest BCUT2D eigenvalue weighted by Crippen LogP contribution is -2.40. The Morgan fingerprint density at radius 1 is 1.10 bits per heavy atom. The molecule has 2 aromatic carbocycles. The van der Waals surface area contributed by atoms with E-state index in [1.165, 1.54) is 0 Å². The number of piperidine rings is 1. The molecule has 30 heavy (non-hydrogen) atoms. The molecule has 1 heterocycles. The van der Waals surface area contributed by atoms with Crippen LogP contribution in [0.3, 0.4) is 0 Å². The van der Waals surface area contributed by atoms with Crippen LogP contribution in [-0.4, -0.2) is 43.0 Å². The van der Waals surface area contributed by atoms with E-state index < -0.39 is 0 Å². The zero-order chi connectivity index (χ0) is 21.7. The highest BCUT2D eigenvalue weighted by Gasteiger charge is 2.23. The van der Waals surface area contributed by atoms with Crippen molar-refractivity contribution >= 4 is 23.4 Å². The monoisotopic (exact) mass is 430 g/mol. The first kappa shape index (κ1) is 22.0. The summed E-state index contributed by atoms with van der Waals surface area (Å²) in [7, 11) is 1.57. The van der Waals surface area contributed by atoms with E-state index in [2.05, 4.69) is 5.32 Å². The maximum absolute atomic E-state index is 12.8. The third kappa shape index (κ3) is 5.45. The van der Waals surface area contributed by atoms with Gasteiger partial charge in [0.2, 0.25) is 5.91 Å². The minimum atomic E-state index is -0.198. The lowest BCUT2D eigenvalue weighted by atomic mass is 10.1. The van der Waals surface area contributed by atoms with Gasteiger partial charge in [-0.25, -0.2) is 0 Å². The number of likely N-dealkylation sites (tertiary alicyclic amines) is 1. The zero-order valence-corrected chi connectivity index (χ0v) is 18.2. The summed E-state index contributed by atoms with van der Waals surface area (Å²) < 4.78 is 11.6. The summed E-state index contributed by atoms with van der Waals surface area (Å²) in [6, 6.07) is 12.4. The van der Waals surface area contributed by atoms with Gasteiger partial charge in [-0.3, -0.25) is 9.59 Å². The molecule has 0 saturated carbocycles. The summed E-state index contributed by atoms with van der Waals surface area (Å²) in [5.74, 6) is 0.993. The largest absolute Gasteiger partial charge is 0.493 e. The third-order valence-corrected chi connectivity index (χ3v) is 5.58. The first-order valence-corrected chi connectivity index (χ1v) is 10.4.